The molecule has 0 heteroatoms. The number of hydrogen-bond donors (Lipinski definition) is 0. The smallest absolute Gasteiger partial charge is 0.0346 e. The first-order chi connectivity index (χ1) is 29.5. The zero-order chi connectivity index (χ0) is 40.2. The molecule has 0 saturated carbocycles. The number of hydrogen-bond acceptors (Lipinski definition) is 0. The minimum Gasteiger partial charge on any atom is -0.0622 e. The van der Waals surface area contributed by atoms with Gasteiger partial charge in [-0.05, 0) is 117 Å². The van der Waals surface area contributed by atoms with Gasteiger partial charge in [-0.1, -0.05) is 226 Å². The molecule has 0 amide bonds. The lowest BCUT2D eigenvalue weighted by Gasteiger charge is -2.27. The summed E-state index contributed by atoms with van der Waals surface area (Å²) in [5.41, 5.74) is 19.0. The van der Waals surface area contributed by atoms with E-state index in [1.165, 1.54) is 105 Å². The molecule has 0 saturated heterocycles. The van der Waals surface area contributed by atoms with Gasteiger partial charge in [-0.15, -0.1) is 0 Å². The molecule has 0 fully saturated rings. The Labute approximate surface area is 353 Å². The Morgan fingerprint density at radius 1 is 0.317 bits per heavy atom. The second-order valence-electron chi connectivity index (χ2n) is 16.8. The first-order valence-corrected chi connectivity index (χ1v) is 21.1. The fourth-order valence-electron chi connectivity index (χ4n) is 10.0. The van der Waals surface area contributed by atoms with Gasteiger partial charge in [-0.25, -0.2) is 0 Å². The quantitative estimate of drug-likeness (QED) is 0.142. The average molecular weight is 765 g/mol. The van der Waals surface area contributed by atoms with Crippen molar-refractivity contribution < 1.29 is 0 Å². The van der Waals surface area contributed by atoms with Gasteiger partial charge in [0.1, 0.15) is 0 Å². The number of fused-ring (bicyclic) bond motifs is 5. The van der Waals surface area contributed by atoms with Crippen molar-refractivity contribution in [3.63, 3.8) is 0 Å². The Kier molecular flexibility index (Phi) is 8.68. The van der Waals surface area contributed by atoms with E-state index in [0.717, 1.165) is 0 Å². The largest absolute Gasteiger partial charge is 0.0622 e. The Balaban J connectivity index is 1.10. The van der Waals surface area contributed by atoms with Crippen molar-refractivity contribution in [1.29, 1.82) is 0 Å². The molecular formula is C60H44. The average Bonchev–Trinajstić information content (AvgIpc) is 3.54. The number of benzene rings is 10. The summed E-state index contributed by atoms with van der Waals surface area (Å²) in [6.45, 7) is 4.87. The monoisotopic (exact) mass is 764 g/mol. The van der Waals surface area contributed by atoms with Crippen LogP contribution in [0.5, 0.6) is 0 Å². The summed E-state index contributed by atoms with van der Waals surface area (Å²) in [5, 5.41) is 5.09. The van der Waals surface area contributed by atoms with Crippen molar-refractivity contribution in [2.75, 3.05) is 0 Å². The van der Waals surface area contributed by atoms with E-state index in [4.69, 9.17) is 0 Å². The minimum atomic E-state index is -0.261. The predicted octanol–water partition coefficient (Wildman–Crippen LogP) is 16.1. The molecule has 0 heterocycles. The molecule has 0 aromatic heterocycles. The molecule has 1 unspecified atom stereocenters. The van der Waals surface area contributed by atoms with Gasteiger partial charge in [0.05, 0.1) is 0 Å². The van der Waals surface area contributed by atoms with Crippen molar-refractivity contribution in [2.24, 2.45) is 0 Å². The van der Waals surface area contributed by atoms with E-state index in [1.807, 2.05) is 0 Å². The Hall–Kier alpha value is -7.28. The Morgan fingerprint density at radius 3 is 1.43 bits per heavy atom. The van der Waals surface area contributed by atoms with Gasteiger partial charge in [0.15, 0.2) is 0 Å². The van der Waals surface area contributed by atoms with E-state index >= 15 is 0 Å². The third kappa shape index (κ3) is 6.07. The summed E-state index contributed by atoms with van der Waals surface area (Å²) in [6, 6.07) is 83.2. The molecule has 0 aliphatic heterocycles. The zero-order valence-corrected chi connectivity index (χ0v) is 33.9. The lowest BCUT2D eigenvalue weighted by atomic mass is 9.76. The van der Waals surface area contributed by atoms with E-state index in [1.54, 1.807) is 0 Å². The molecule has 60 heavy (non-hydrogen) atoms. The van der Waals surface area contributed by atoms with Crippen LogP contribution in [0.2, 0.25) is 0 Å². The predicted molar refractivity (Wildman–Crippen MR) is 255 cm³/mol. The van der Waals surface area contributed by atoms with Crippen LogP contribution in [0.4, 0.5) is 0 Å². The Morgan fingerprint density at radius 2 is 0.783 bits per heavy atom. The van der Waals surface area contributed by atoms with Crippen molar-refractivity contribution in [3.05, 3.63) is 252 Å². The highest BCUT2D eigenvalue weighted by molar-refractivity contribution is 6.02. The van der Waals surface area contributed by atoms with Gasteiger partial charge >= 0.3 is 0 Å². The van der Waals surface area contributed by atoms with Crippen molar-refractivity contribution in [3.8, 4) is 55.6 Å². The molecule has 284 valence electrons. The second kappa shape index (κ2) is 14.5. The molecule has 1 atom stereocenters. The van der Waals surface area contributed by atoms with Crippen molar-refractivity contribution in [2.45, 2.75) is 25.2 Å². The van der Waals surface area contributed by atoms with E-state index < -0.39 is 0 Å². The van der Waals surface area contributed by atoms with Crippen LogP contribution in [0.3, 0.4) is 0 Å². The van der Waals surface area contributed by atoms with Gasteiger partial charge < -0.3 is 0 Å². The summed E-state index contributed by atoms with van der Waals surface area (Å²) < 4.78 is 0. The molecule has 0 N–H and O–H groups in total. The van der Waals surface area contributed by atoms with Crippen LogP contribution in [0.15, 0.2) is 224 Å². The SMILES string of the molecule is CC1(C)c2cc(C(c3ccc(-c4ccccc4)cc3)c3cccc4ccccc34)ccc2-c2cc(-c3ccc(-c4ccccc4)cc3)cc(-c3cccc4ccccc34)c21. The third-order valence-electron chi connectivity index (χ3n) is 13.0. The van der Waals surface area contributed by atoms with Crippen molar-refractivity contribution >= 4 is 21.5 Å². The second-order valence-corrected chi connectivity index (χ2v) is 16.8. The molecule has 1 aliphatic rings. The van der Waals surface area contributed by atoms with E-state index in [9.17, 15) is 0 Å². The molecule has 10 aromatic rings. The maximum Gasteiger partial charge on any atom is 0.0346 e. The molecule has 11 rings (SSSR count). The highest BCUT2D eigenvalue weighted by atomic mass is 14.4. The van der Waals surface area contributed by atoms with E-state index in [-0.39, 0.29) is 11.3 Å². The minimum absolute atomic E-state index is 0.0435. The maximum absolute atomic E-state index is 2.54. The summed E-state index contributed by atoms with van der Waals surface area (Å²) in [5.74, 6) is 0.0435. The van der Waals surface area contributed by atoms with Crippen LogP contribution in [0.25, 0.3) is 77.2 Å². The maximum atomic E-state index is 2.54. The van der Waals surface area contributed by atoms with Crippen LogP contribution in [-0.4, -0.2) is 0 Å². The van der Waals surface area contributed by atoms with Crippen molar-refractivity contribution in [1.82, 2.24) is 0 Å². The molecule has 0 nitrogen and oxygen atoms in total. The van der Waals surface area contributed by atoms with Gasteiger partial charge in [-0.3, -0.25) is 0 Å². The lowest BCUT2D eigenvalue weighted by Crippen LogP contribution is -2.17. The van der Waals surface area contributed by atoms with Crippen LogP contribution < -0.4 is 0 Å². The van der Waals surface area contributed by atoms with Crippen LogP contribution >= 0.6 is 0 Å². The van der Waals surface area contributed by atoms with Crippen LogP contribution in [0.1, 0.15) is 47.6 Å². The lowest BCUT2D eigenvalue weighted by molar-refractivity contribution is 0.660. The van der Waals surface area contributed by atoms with Gasteiger partial charge in [0, 0.05) is 11.3 Å². The molecule has 0 spiro atoms. The third-order valence-corrected chi connectivity index (χ3v) is 13.0. The highest BCUT2D eigenvalue weighted by Gasteiger charge is 2.39. The highest BCUT2D eigenvalue weighted by Crippen LogP contribution is 2.55. The summed E-state index contributed by atoms with van der Waals surface area (Å²) in [4.78, 5) is 0. The van der Waals surface area contributed by atoms with Gasteiger partial charge in [0.25, 0.3) is 0 Å². The molecule has 0 radical (unpaired) electrons. The fraction of sp³-hybridized carbons (Fsp3) is 0.0667. The summed E-state index contributed by atoms with van der Waals surface area (Å²) >= 11 is 0. The van der Waals surface area contributed by atoms with Crippen LogP contribution in [-0.2, 0) is 5.41 Å². The first-order valence-electron chi connectivity index (χ1n) is 21.1. The van der Waals surface area contributed by atoms with Gasteiger partial charge in [0.2, 0.25) is 0 Å². The van der Waals surface area contributed by atoms with E-state index in [2.05, 4.69) is 238 Å². The molecule has 0 bridgehead atoms. The molecular weight excluding hydrogens is 721 g/mol. The fourth-order valence-corrected chi connectivity index (χ4v) is 10.0. The first kappa shape index (κ1) is 35.8. The normalized spacial score (nSPS) is 13.2. The summed E-state index contributed by atoms with van der Waals surface area (Å²) in [7, 11) is 0. The number of rotatable bonds is 7. The summed E-state index contributed by atoms with van der Waals surface area (Å²) in [6.07, 6.45) is 0. The topological polar surface area (TPSA) is 0 Å². The van der Waals surface area contributed by atoms with Gasteiger partial charge in [-0.2, -0.15) is 0 Å². The Bertz CT molecular complexity index is 3180. The zero-order valence-electron chi connectivity index (χ0n) is 33.9. The molecule has 1 aliphatic carbocycles. The molecule has 10 aromatic carbocycles. The standard InChI is InChI=1S/C60H44/c1-60(2)57-39-48(58(54-26-14-22-46-20-10-12-24-51(46)54)47-33-31-43(32-34-47)41-17-7-4-8-18-41)35-36-53(57)56-38-49(44-29-27-42(28-30-44)40-15-5-3-6-16-40)37-55(59(56)60)52-25-13-21-45-19-9-11-23-50(45)52/h3-39,58H,1-2H3. The van der Waals surface area contributed by atoms with E-state index in [0.29, 0.717) is 0 Å². The van der Waals surface area contributed by atoms with Crippen LogP contribution in [0, 0.1) is 0 Å².